The van der Waals surface area contributed by atoms with Gasteiger partial charge in [-0.1, -0.05) is 29.8 Å². The SMILES string of the molecule is Cc1ccc(CCCCC(=O)N(C)c2ccc(OCC(=O)O)cc2)cc1. The molecule has 2 rings (SSSR count). The van der Waals surface area contributed by atoms with Gasteiger partial charge in [0, 0.05) is 19.2 Å². The fourth-order valence-electron chi connectivity index (χ4n) is 2.58. The van der Waals surface area contributed by atoms with E-state index in [0.29, 0.717) is 12.2 Å². The molecule has 0 aliphatic heterocycles. The molecule has 0 spiro atoms. The lowest BCUT2D eigenvalue weighted by Crippen LogP contribution is -2.25. The molecular formula is C21H25NO4. The molecule has 1 amide bonds. The van der Waals surface area contributed by atoms with Gasteiger partial charge in [-0.3, -0.25) is 4.79 Å². The minimum Gasteiger partial charge on any atom is -0.482 e. The number of hydrogen-bond donors (Lipinski definition) is 1. The number of anilines is 1. The van der Waals surface area contributed by atoms with Gasteiger partial charge < -0.3 is 14.7 Å². The highest BCUT2D eigenvalue weighted by Gasteiger charge is 2.11. The molecule has 1 N–H and O–H groups in total. The number of carboxylic acid groups (broad SMARTS) is 1. The van der Waals surface area contributed by atoms with Crippen molar-refractivity contribution >= 4 is 17.6 Å². The largest absolute Gasteiger partial charge is 0.482 e. The highest BCUT2D eigenvalue weighted by molar-refractivity contribution is 5.92. The molecule has 5 nitrogen and oxygen atoms in total. The first-order chi connectivity index (χ1) is 12.5. The third kappa shape index (κ3) is 6.24. The Hall–Kier alpha value is -2.82. The molecule has 138 valence electrons. The maximum absolute atomic E-state index is 12.3. The number of hydrogen-bond acceptors (Lipinski definition) is 3. The van der Waals surface area contributed by atoms with Crippen LogP contribution in [0.25, 0.3) is 0 Å². The molecule has 2 aromatic carbocycles. The third-order valence-corrected chi connectivity index (χ3v) is 4.19. The summed E-state index contributed by atoms with van der Waals surface area (Å²) in [4.78, 5) is 24.4. The molecule has 0 bridgehead atoms. The molecule has 0 atom stereocenters. The van der Waals surface area contributed by atoms with Crippen LogP contribution in [0.15, 0.2) is 48.5 Å². The Balaban J connectivity index is 1.75. The Labute approximate surface area is 154 Å². The van der Waals surface area contributed by atoms with Gasteiger partial charge in [0.05, 0.1) is 0 Å². The first-order valence-electron chi connectivity index (χ1n) is 8.72. The van der Waals surface area contributed by atoms with Crippen molar-refractivity contribution in [2.45, 2.75) is 32.6 Å². The Kier molecular flexibility index (Phi) is 7.21. The van der Waals surface area contributed by atoms with Crippen LogP contribution in [0.2, 0.25) is 0 Å². The number of carbonyl (C=O) groups is 2. The van der Waals surface area contributed by atoms with Crippen molar-refractivity contribution in [1.29, 1.82) is 0 Å². The second kappa shape index (κ2) is 9.61. The zero-order chi connectivity index (χ0) is 18.9. The number of benzene rings is 2. The summed E-state index contributed by atoms with van der Waals surface area (Å²) in [5.74, 6) is -0.491. The van der Waals surface area contributed by atoms with Crippen LogP contribution in [0.5, 0.6) is 5.75 Å². The normalized spacial score (nSPS) is 10.4. The van der Waals surface area contributed by atoms with Crippen molar-refractivity contribution in [2.75, 3.05) is 18.6 Å². The van der Waals surface area contributed by atoms with E-state index in [2.05, 4.69) is 31.2 Å². The number of carboxylic acids is 1. The highest BCUT2D eigenvalue weighted by atomic mass is 16.5. The van der Waals surface area contributed by atoms with E-state index in [0.717, 1.165) is 24.9 Å². The summed E-state index contributed by atoms with van der Waals surface area (Å²) >= 11 is 0. The van der Waals surface area contributed by atoms with Gasteiger partial charge >= 0.3 is 5.97 Å². The van der Waals surface area contributed by atoms with Gasteiger partial charge in [-0.15, -0.1) is 0 Å². The average molecular weight is 355 g/mol. The smallest absolute Gasteiger partial charge is 0.341 e. The summed E-state index contributed by atoms with van der Waals surface area (Å²) in [7, 11) is 1.75. The van der Waals surface area contributed by atoms with E-state index in [1.165, 1.54) is 11.1 Å². The maximum Gasteiger partial charge on any atom is 0.341 e. The van der Waals surface area contributed by atoms with E-state index < -0.39 is 5.97 Å². The van der Waals surface area contributed by atoms with Gasteiger partial charge in [0.25, 0.3) is 0 Å². The molecule has 2 aromatic rings. The van der Waals surface area contributed by atoms with Crippen molar-refractivity contribution in [3.05, 3.63) is 59.7 Å². The zero-order valence-electron chi connectivity index (χ0n) is 15.3. The fraction of sp³-hybridized carbons (Fsp3) is 0.333. The molecule has 0 heterocycles. The molecule has 0 aliphatic rings. The van der Waals surface area contributed by atoms with Crippen LogP contribution in [0.4, 0.5) is 5.69 Å². The third-order valence-electron chi connectivity index (χ3n) is 4.19. The first-order valence-corrected chi connectivity index (χ1v) is 8.72. The van der Waals surface area contributed by atoms with E-state index >= 15 is 0 Å². The van der Waals surface area contributed by atoms with E-state index in [1.807, 2.05) is 0 Å². The molecule has 0 fully saturated rings. The van der Waals surface area contributed by atoms with Crippen molar-refractivity contribution in [2.24, 2.45) is 0 Å². The Morgan fingerprint density at radius 2 is 1.65 bits per heavy atom. The average Bonchev–Trinajstić information content (AvgIpc) is 2.64. The first kappa shape index (κ1) is 19.5. The van der Waals surface area contributed by atoms with Gasteiger partial charge in [0.1, 0.15) is 5.75 Å². The second-order valence-corrected chi connectivity index (χ2v) is 6.32. The lowest BCUT2D eigenvalue weighted by atomic mass is 10.1. The lowest BCUT2D eigenvalue weighted by Gasteiger charge is -2.17. The molecule has 0 radical (unpaired) electrons. The van der Waals surface area contributed by atoms with Crippen molar-refractivity contribution in [3.8, 4) is 5.75 Å². The molecular weight excluding hydrogens is 330 g/mol. The highest BCUT2D eigenvalue weighted by Crippen LogP contribution is 2.19. The topological polar surface area (TPSA) is 66.8 Å². The Morgan fingerprint density at radius 3 is 2.27 bits per heavy atom. The van der Waals surface area contributed by atoms with E-state index in [9.17, 15) is 9.59 Å². The molecule has 26 heavy (non-hydrogen) atoms. The number of ether oxygens (including phenoxy) is 1. The van der Waals surface area contributed by atoms with Crippen molar-refractivity contribution < 1.29 is 19.4 Å². The zero-order valence-corrected chi connectivity index (χ0v) is 15.3. The number of carbonyl (C=O) groups excluding carboxylic acids is 1. The van der Waals surface area contributed by atoms with Crippen molar-refractivity contribution in [1.82, 2.24) is 0 Å². The Morgan fingerprint density at radius 1 is 1.00 bits per heavy atom. The summed E-state index contributed by atoms with van der Waals surface area (Å²) in [6.45, 7) is 1.69. The molecule has 0 saturated heterocycles. The van der Waals surface area contributed by atoms with E-state index in [1.54, 1.807) is 36.2 Å². The minimum atomic E-state index is -1.02. The Bertz CT molecular complexity index is 723. The lowest BCUT2D eigenvalue weighted by molar-refractivity contribution is -0.139. The minimum absolute atomic E-state index is 0.0631. The monoisotopic (exact) mass is 355 g/mol. The summed E-state index contributed by atoms with van der Waals surface area (Å²) < 4.78 is 5.09. The van der Waals surface area contributed by atoms with Gasteiger partial charge in [-0.05, 0) is 56.0 Å². The van der Waals surface area contributed by atoms with Gasteiger partial charge in [-0.25, -0.2) is 4.79 Å². The van der Waals surface area contributed by atoms with Crippen LogP contribution >= 0.6 is 0 Å². The predicted molar refractivity (Wildman–Crippen MR) is 102 cm³/mol. The van der Waals surface area contributed by atoms with E-state index in [-0.39, 0.29) is 12.5 Å². The van der Waals surface area contributed by atoms with Crippen LogP contribution in [0, 0.1) is 6.92 Å². The summed E-state index contributed by atoms with van der Waals surface area (Å²) in [5.41, 5.74) is 3.31. The summed E-state index contributed by atoms with van der Waals surface area (Å²) in [6, 6.07) is 15.3. The molecule has 0 aromatic heterocycles. The number of amides is 1. The predicted octanol–water partition coefficient (Wildman–Crippen LogP) is 3.83. The number of nitrogens with zero attached hydrogens (tertiary/aromatic N) is 1. The molecule has 0 saturated carbocycles. The van der Waals surface area contributed by atoms with Crippen LogP contribution in [0.3, 0.4) is 0 Å². The van der Waals surface area contributed by atoms with Gasteiger partial charge in [0.2, 0.25) is 5.91 Å². The van der Waals surface area contributed by atoms with Crippen LogP contribution in [-0.4, -0.2) is 30.6 Å². The van der Waals surface area contributed by atoms with E-state index in [4.69, 9.17) is 9.84 Å². The standard InChI is InChI=1S/C21H25NO4/c1-16-7-9-17(10-8-16)5-3-4-6-20(23)22(2)18-11-13-19(14-12-18)26-15-21(24)25/h7-14H,3-6,15H2,1-2H3,(H,24,25). The fourth-order valence-corrected chi connectivity index (χ4v) is 2.58. The van der Waals surface area contributed by atoms with Crippen LogP contribution < -0.4 is 9.64 Å². The van der Waals surface area contributed by atoms with Crippen LogP contribution in [-0.2, 0) is 16.0 Å². The number of rotatable bonds is 9. The van der Waals surface area contributed by atoms with Crippen LogP contribution in [0.1, 0.15) is 30.4 Å². The molecule has 0 unspecified atom stereocenters. The number of aryl methyl sites for hydroxylation is 2. The second-order valence-electron chi connectivity index (χ2n) is 6.32. The maximum atomic E-state index is 12.3. The quantitative estimate of drug-likeness (QED) is 0.694. The number of unbranched alkanes of at least 4 members (excludes halogenated alkanes) is 1. The summed E-state index contributed by atoms with van der Waals surface area (Å²) in [6.07, 6.45) is 3.30. The molecule has 5 heteroatoms. The summed E-state index contributed by atoms with van der Waals surface area (Å²) in [5, 5.41) is 8.60. The number of aliphatic carboxylic acids is 1. The van der Waals surface area contributed by atoms with Gasteiger partial charge in [0.15, 0.2) is 6.61 Å². The van der Waals surface area contributed by atoms with Crippen molar-refractivity contribution in [3.63, 3.8) is 0 Å². The molecule has 0 aliphatic carbocycles. The van der Waals surface area contributed by atoms with Gasteiger partial charge in [-0.2, -0.15) is 0 Å².